The maximum Gasteiger partial charge on any atom is 0.228 e. The Labute approximate surface area is 119 Å². The topological polar surface area (TPSA) is 77.8 Å². The number of rotatable bonds is 6. The molecule has 0 saturated carbocycles. The van der Waals surface area contributed by atoms with Crippen molar-refractivity contribution >= 4 is 0 Å². The molecule has 5 heteroatoms. The van der Waals surface area contributed by atoms with Gasteiger partial charge >= 0.3 is 0 Å². The first-order chi connectivity index (χ1) is 9.60. The maximum atomic E-state index is 6.07. The molecule has 2 rings (SSSR count). The molecule has 20 heavy (non-hydrogen) atoms. The van der Waals surface area contributed by atoms with Crippen molar-refractivity contribution < 1.29 is 4.52 Å². The molecule has 2 N–H and O–H groups in total. The highest BCUT2D eigenvalue weighted by Crippen LogP contribution is 2.19. The largest absolute Gasteiger partial charge is 0.339 e. The summed E-state index contributed by atoms with van der Waals surface area (Å²) >= 11 is 0. The van der Waals surface area contributed by atoms with Crippen LogP contribution in [0.5, 0.6) is 0 Å². The number of aryl methyl sites for hydroxylation is 1. The molecule has 5 nitrogen and oxygen atoms in total. The lowest BCUT2D eigenvalue weighted by Crippen LogP contribution is -2.24. The average Bonchev–Trinajstić information content (AvgIpc) is 2.85. The summed E-state index contributed by atoms with van der Waals surface area (Å²) in [6, 6.07) is 4.00. The van der Waals surface area contributed by atoms with Gasteiger partial charge in [0, 0.05) is 18.7 Å². The predicted molar refractivity (Wildman–Crippen MR) is 78.0 cm³/mol. The highest BCUT2D eigenvalue weighted by Gasteiger charge is 2.15. The van der Waals surface area contributed by atoms with E-state index in [1.807, 2.05) is 12.1 Å². The van der Waals surface area contributed by atoms with Gasteiger partial charge in [-0.15, -0.1) is 0 Å². The lowest BCUT2D eigenvalue weighted by atomic mass is 10.0. The van der Waals surface area contributed by atoms with E-state index in [0.717, 1.165) is 24.1 Å². The van der Waals surface area contributed by atoms with Gasteiger partial charge in [-0.25, -0.2) is 0 Å². The van der Waals surface area contributed by atoms with Gasteiger partial charge in [0.15, 0.2) is 0 Å². The fourth-order valence-corrected chi connectivity index (χ4v) is 2.27. The molecule has 1 unspecified atom stereocenters. The molecule has 0 saturated heterocycles. The molecule has 0 amide bonds. The third kappa shape index (κ3) is 3.63. The number of aromatic nitrogens is 3. The first-order valence-electron chi connectivity index (χ1n) is 7.12. The lowest BCUT2D eigenvalue weighted by molar-refractivity contribution is 0.359. The Morgan fingerprint density at radius 2 is 2.15 bits per heavy atom. The first kappa shape index (κ1) is 14.7. The van der Waals surface area contributed by atoms with Crippen LogP contribution in [-0.4, -0.2) is 21.2 Å². The molecule has 108 valence electrons. The van der Waals surface area contributed by atoms with Crippen LogP contribution >= 0.6 is 0 Å². The molecule has 2 aromatic rings. The molecule has 0 radical (unpaired) electrons. The molecular formula is C15H22N4O. The van der Waals surface area contributed by atoms with E-state index in [2.05, 4.69) is 35.9 Å². The zero-order valence-corrected chi connectivity index (χ0v) is 12.3. The van der Waals surface area contributed by atoms with Gasteiger partial charge in [-0.2, -0.15) is 4.98 Å². The Bertz CT molecular complexity index is 550. The number of hydrogen-bond acceptors (Lipinski definition) is 5. The Kier molecular flexibility index (Phi) is 4.84. The van der Waals surface area contributed by atoms with Gasteiger partial charge < -0.3 is 10.3 Å². The van der Waals surface area contributed by atoms with Crippen LogP contribution in [0.1, 0.15) is 38.6 Å². The van der Waals surface area contributed by atoms with Crippen molar-refractivity contribution in [1.82, 2.24) is 15.1 Å². The minimum Gasteiger partial charge on any atom is -0.339 e. The lowest BCUT2D eigenvalue weighted by Gasteiger charge is -2.10. The molecule has 0 aliphatic heterocycles. The minimum absolute atomic E-state index is 0.0534. The summed E-state index contributed by atoms with van der Waals surface area (Å²) in [7, 11) is 0. The number of nitrogens with two attached hydrogens (primary N) is 1. The molecule has 0 aromatic carbocycles. The number of nitrogens with zero attached hydrogens (tertiary/aromatic N) is 3. The van der Waals surface area contributed by atoms with E-state index in [4.69, 9.17) is 10.3 Å². The molecular weight excluding hydrogens is 252 g/mol. The van der Waals surface area contributed by atoms with E-state index >= 15 is 0 Å². The van der Waals surface area contributed by atoms with Crippen LogP contribution in [0, 0.1) is 5.92 Å². The minimum atomic E-state index is 0.0534. The summed E-state index contributed by atoms with van der Waals surface area (Å²) in [6.07, 6.45) is 4.19. The van der Waals surface area contributed by atoms with Gasteiger partial charge in [0.25, 0.3) is 0 Å². The smallest absolute Gasteiger partial charge is 0.228 e. The second kappa shape index (κ2) is 6.61. The van der Waals surface area contributed by atoms with Gasteiger partial charge in [0.1, 0.15) is 5.69 Å². The van der Waals surface area contributed by atoms with Crippen LogP contribution in [0.4, 0.5) is 0 Å². The van der Waals surface area contributed by atoms with Crippen molar-refractivity contribution in [3.05, 3.63) is 29.8 Å². The summed E-state index contributed by atoms with van der Waals surface area (Å²) in [6.45, 7) is 6.39. The zero-order chi connectivity index (χ0) is 14.5. The SMILES string of the molecule is CCc1cccnc1-c1noc(CC(N)CC(C)C)n1. The van der Waals surface area contributed by atoms with Gasteiger partial charge in [-0.3, -0.25) is 4.98 Å². The van der Waals surface area contributed by atoms with Gasteiger partial charge in [0.05, 0.1) is 0 Å². The van der Waals surface area contributed by atoms with Crippen LogP contribution in [0.3, 0.4) is 0 Å². The Morgan fingerprint density at radius 3 is 2.85 bits per heavy atom. The molecule has 0 aliphatic carbocycles. The van der Waals surface area contributed by atoms with Crippen LogP contribution in [0.2, 0.25) is 0 Å². The Hall–Kier alpha value is -1.75. The summed E-state index contributed by atoms with van der Waals surface area (Å²) < 4.78 is 5.29. The van der Waals surface area contributed by atoms with E-state index in [1.165, 1.54) is 0 Å². The van der Waals surface area contributed by atoms with Crippen molar-refractivity contribution in [3.8, 4) is 11.5 Å². The van der Waals surface area contributed by atoms with Crippen molar-refractivity contribution in [2.75, 3.05) is 0 Å². The quantitative estimate of drug-likeness (QED) is 0.876. The summed E-state index contributed by atoms with van der Waals surface area (Å²) in [5, 5.41) is 4.02. The van der Waals surface area contributed by atoms with E-state index in [9.17, 15) is 0 Å². The molecule has 2 heterocycles. The van der Waals surface area contributed by atoms with Crippen LogP contribution in [0.25, 0.3) is 11.5 Å². The molecule has 1 atom stereocenters. The molecule has 0 aliphatic rings. The van der Waals surface area contributed by atoms with Crippen LogP contribution in [-0.2, 0) is 12.8 Å². The Balaban J connectivity index is 2.12. The number of pyridine rings is 1. The van der Waals surface area contributed by atoms with E-state index in [-0.39, 0.29) is 6.04 Å². The molecule has 0 spiro atoms. The van der Waals surface area contributed by atoms with Gasteiger partial charge in [0.2, 0.25) is 11.7 Å². The average molecular weight is 274 g/mol. The molecule has 0 bridgehead atoms. The van der Waals surface area contributed by atoms with Crippen LogP contribution < -0.4 is 5.73 Å². The monoisotopic (exact) mass is 274 g/mol. The highest BCUT2D eigenvalue weighted by atomic mass is 16.5. The third-order valence-electron chi connectivity index (χ3n) is 3.16. The normalized spacial score (nSPS) is 12.8. The van der Waals surface area contributed by atoms with Gasteiger partial charge in [-0.05, 0) is 30.4 Å². The van der Waals surface area contributed by atoms with Crippen molar-refractivity contribution in [2.45, 2.75) is 46.1 Å². The standard InChI is InChI=1S/C15H22N4O/c1-4-11-6-5-7-17-14(11)15-18-13(20-19-15)9-12(16)8-10(2)3/h5-7,10,12H,4,8-9,16H2,1-3H3. The van der Waals surface area contributed by atoms with Gasteiger partial charge in [-0.1, -0.05) is 32.0 Å². The number of hydrogen-bond donors (Lipinski definition) is 1. The summed E-state index contributed by atoms with van der Waals surface area (Å²) in [5.74, 6) is 1.70. The first-order valence-corrected chi connectivity index (χ1v) is 7.12. The molecule has 0 fully saturated rings. The fraction of sp³-hybridized carbons (Fsp3) is 0.533. The van der Waals surface area contributed by atoms with Crippen molar-refractivity contribution in [2.24, 2.45) is 11.7 Å². The van der Waals surface area contributed by atoms with Crippen molar-refractivity contribution in [1.29, 1.82) is 0 Å². The van der Waals surface area contributed by atoms with Crippen LogP contribution in [0.15, 0.2) is 22.9 Å². The summed E-state index contributed by atoms with van der Waals surface area (Å²) in [5.41, 5.74) is 7.98. The fourth-order valence-electron chi connectivity index (χ4n) is 2.27. The van der Waals surface area contributed by atoms with E-state index in [0.29, 0.717) is 24.1 Å². The summed E-state index contributed by atoms with van der Waals surface area (Å²) in [4.78, 5) is 8.76. The second-order valence-electron chi connectivity index (χ2n) is 5.47. The maximum absolute atomic E-state index is 6.07. The van der Waals surface area contributed by atoms with E-state index < -0.39 is 0 Å². The van der Waals surface area contributed by atoms with Crippen molar-refractivity contribution in [3.63, 3.8) is 0 Å². The predicted octanol–water partition coefficient (Wildman–Crippen LogP) is 2.61. The molecule has 2 aromatic heterocycles. The Morgan fingerprint density at radius 1 is 1.35 bits per heavy atom. The second-order valence-corrected chi connectivity index (χ2v) is 5.47. The highest BCUT2D eigenvalue weighted by molar-refractivity contribution is 5.53. The third-order valence-corrected chi connectivity index (χ3v) is 3.16. The zero-order valence-electron chi connectivity index (χ0n) is 12.3. The van der Waals surface area contributed by atoms with E-state index in [1.54, 1.807) is 6.20 Å².